The summed E-state index contributed by atoms with van der Waals surface area (Å²) in [5, 5.41) is 9.86. The smallest absolute Gasteiger partial charge is 0.287 e. The number of nitrogens with one attached hydrogen (secondary N) is 2. The van der Waals surface area contributed by atoms with E-state index in [0.717, 1.165) is 5.56 Å². The van der Waals surface area contributed by atoms with Gasteiger partial charge in [-0.1, -0.05) is 12.1 Å². The SMILES string of the molecule is Cc1nn(C)c2c1C(c1cccc(F)c1)C(NC(=O)c1ccco1)C(=O)N2. The van der Waals surface area contributed by atoms with E-state index in [0.29, 0.717) is 17.1 Å². The third-order valence-electron chi connectivity index (χ3n) is 4.68. The molecule has 1 aliphatic rings. The molecule has 3 heterocycles. The first kappa shape index (κ1) is 17.0. The average Bonchev–Trinajstić information content (AvgIpc) is 3.25. The molecule has 2 aromatic heterocycles. The number of hydrogen-bond donors (Lipinski definition) is 2. The Bertz CT molecular complexity index is 1030. The molecule has 7 nitrogen and oxygen atoms in total. The Morgan fingerprint density at radius 2 is 2.15 bits per heavy atom. The number of benzene rings is 1. The van der Waals surface area contributed by atoms with Crippen molar-refractivity contribution in [1.82, 2.24) is 15.1 Å². The Balaban J connectivity index is 1.82. The Morgan fingerprint density at radius 1 is 1.33 bits per heavy atom. The second kappa shape index (κ2) is 6.39. The van der Waals surface area contributed by atoms with Gasteiger partial charge in [-0.15, -0.1) is 0 Å². The maximum Gasteiger partial charge on any atom is 0.287 e. The standard InChI is InChI=1S/C19H17FN4O3/c1-10-14-15(11-5-3-6-12(20)9-11)16(19(26)22-17(14)24(2)23-10)21-18(25)13-7-4-8-27-13/h3-9,15-16H,1-2H3,(H,21,25)(H,22,26). The quantitative estimate of drug-likeness (QED) is 0.743. The van der Waals surface area contributed by atoms with Crippen LogP contribution < -0.4 is 10.6 Å². The van der Waals surface area contributed by atoms with Crippen molar-refractivity contribution in [3.05, 3.63) is 71.1 Å². The molecular formula is C19H17FN4O3. The molecule has 0 saturated carbocycles. The highest BCUT2D eigenvalue weighted by atomic mass is 19.1. The highest BCUT2D eigenvalue weighted by Crippen LogP contribution is 2.39. The lowest BCUT2D eigenvalue weighted by atomic mass is 9.82. The van der Waals surface area contributed by atoms with Crippen LogP contribution >= 0.6 is 0 Å². The van der Waals surface area contributed by atoms with E-state index in [4.69, 9.17) is 4.42 Å². The fraction of sp³-hybridized carbons (Fsp3) is 0.211. The molecule has 4 rings (SSSR count). The summed E-state index contributed by atoms with van der Waals surface area (Å²) in [6, 6.07) is 8.16. The van der Waals surface area contributed by atoms with Crippen molar-refractivity contribution in [3.63, 3.8) is 0 Å². The van der Waals surface area contributed by atoms with E-state index in [-0.39, 0.29) is 5.76 Å². The minimum atomic E-state index is -0.945. The largest absolute Gasteiger partial charge is 0.459 e. The van der Waals surface area contributed by atoms with Crippen LogP contribution in [-0.4, -0.2) is 27.6 Å². The first-order valence-corrected chi connectivity index (χ1v) is 8.40. The number of hydrogen-bond acceptors (Lipinski definition) is 4. The van der Waals surface area contributed by atoms with Crippen molar-refractivity contribution in [3.8, 4) is 0 Å². The van der Waals surface area contributed by atoms with Gasteiger partial charge in [-0.25, -0.2) is 4.39 Å². The van der Waals surface area contributed by atoms with E-state index in [1.165, 1.54) is 24.5 Å². The zero-order chi connectivity index (χ0) is 19.1. The summed E-state index contributed by atoms with van der Waals surface area (Å²) in [6.07, 6.45) is 1.38. The van der Waals surface area contributed by atoms with Crippen LogP contribution in [0.5, 0.6) is 0 Å². The van der Waals surface area contributed by atoms with E-state index in [1.807, 2.05) is 6.92 Å². The minimum Gasteiger partial charge on any atom is -0.459 e. The van der Waals surface area contributed by atoms with E-state index < -0.39 is 29.6 Å². The van der Waals surface area contributed by atoms with E-state index >= 15 is 0 Å². The molecule has 2 atom stereocenters. The Hall–Kier alpha value is -3.42. The molecular weight excluding hydrogens is 351 g/mol. The molecule has 138 valence electrons. The van der Waals surface area contributed by atoms with E-state index in [2.05, 4.69) is 15.7 Å². The molecule has 0 spiro atoms. The number of aryl methyl sites for hydroxylation is 2. The zero-order valence-corrected chi connectivity index (χ0v) is 14.7. The van der Waals surface area contributed by atoms with E-state index in [9.17, 15) is 14.0 Å². The van der Waals surface area contributed by atoms with Gasteiger partial charge in [-0.3, -0.25) is 14.3 Å². The van der Waals surface area contributed by atoms with Gasteiger partial charge in [0.25, 0.3) is 5.91 Å². The second-order valence-electron chi connectivity index (χ2n) is 6.42. The Kier molecular flexibility index (Phi) is 4.02. The molecule has 0 saturated heterocycles. The molecule has 2 amide bonds. The predicted octanol–water partition coefficient (Wildman–Crippen LogP) is 2.34. The molecule has 2 N–H and O–H groups in total. The molecule has 1 aliphatic heterocycles. The summed E-state index contributed by atoms with van der Waals surface area (Å²) in [6.45, 7) is 1.81. The minimum absolute atomic E-state index is 0.0921. The number of carbonyl (C=O) groups excluding carboxylic acids is 2. The summed E-state index contributed by atoms with van der Waals surface area (Å²) in [5.74, 6) is -1.30. The van der Waals surface area contributed by atoms with Gasteiger partial charge in [0.1, 0.15) is 17.7 Å². The van der Waals surface area contributed by atoms with Crippen LogP contribution in [-0.2, 0) is 11.8 Å². The number of halogens is 1. The fourth-order valence-electron chi connectivity index (χ4n) is 3.54. The van der Waals surface area contributed by atoms with Crippen LogP contribution in [0, 0.1) is 12.7 Å². The van der Waals surface area contributed by atoms with Crippen LogP contribution in [0.1, 0.15) is 33.3 Å². The van der Waals surface area contributed by atoms with Crippen LogP contribution in [0.4, 0.5) is 10.2 Å². The number of anilines is 1. The van der Waals surface area contributed by atoms with Crippen LogP contribution in [0.3, 0.4) is 0 Å². The molecule has 0 fully saturated rings. The first-order chi connectivity index (χ1) is 13.0. The number of furan rings is 1. The monoisotopic (exact) mass is 368 g/mol. The Labute approximate surface area is 154 Å². The van der Waals surface area contributed by atoms with Crippen LogP contribution in [0.25, 0.3) is 0 Å². The Morgan fingerprint density at radius 3 is 2.85 bits per heavy atom. The molecule has 0 aliphatic carbocycles. The highest BCUT2D eigenvalue weighted by Gasteiger charge is 2.41. The summed E-state index contributed by atoms with van der Waals surface area (Å²) in [7, 11) is 1.72. The summed E-state index contributed by atoms with van der Waals surface area (Å²) in [4.78, 5) is 25.3. The molecule has 1 aromatic carbocycles. The van der Waals surface area contributed by atoms with E-state index in [1.54, 1.807) is 29.9 Å². The molecule has 2 unspecified atom stereocenters. The van der Waals surface area contributed by atoms with Crippen molar-refractivity contribution in [2.75, 3.05) is 5.32 Å². The molecule has 27 heavy (non-hydrogen) atoms. The zero-order valence-electron chi connectivity index (χ0n) is 14.7. The normalized spacial score (nSPS) is 18.7. The molecule has 3 aromatic rings. The first-order valence-electron chi connectivity index (χ1n) is 8.40. The van der Waals surface area contributed by atoms with Gasteiger partial charge >= 0.3 is 0 Å². The van der Waals surface area contributed by atoms with Gasteiger partial charge in [-0.05, 0) is 36.8 Å². The molecule has 0 bridgehead atoms. The van der Waals surface area contributed by atoms with Gasteiger partial charge in [0.05, 0.1) is 12.0 Å². The number of fused-ring (bicyclic) bond motifs is 1. The highest BCUT2D eigenvalue weighted by molar-refractivity contribution is 6.03. The number of aromatic nitrogens is 2. The predicted molar refractivity (Wildman–Crippen MR) is 94.8 cm³/mol. The van der Waals surface area contributed by atoms with Gasteiger partial charge in [0.15, 0.2) is 5.76 Å². The van der Waals surface area contributed by atoms with Gasteiger partial charge in [0, 0.05) is 18.5 Å². The average molecular weight is 368 g/mol. The number of rotatable bonds is 3. The lowest BCUT2D eigenvalue weighted by molar-refractivity contribution is -0.118. The van der Waals surface area contributed by atoms with Crippen molar-refractivity contribution in [2.24, 2.45) is 7.05 Å². The maximum absolute atomic E-state index is 13.9. The second-order valence-corrected chi connectivity index (χ2v) is 6.42. The lowest BCUT2D eigenvalue weighted by Crippen LogP contribution is -2.50. The van der Waals surface area contributed by atoms with Crippen molar-refractivity contribution in [2.45, 2.75) is 18.9 Å². The fourth-order valence-corrected chi connectivity index (χ4v) is 3.54. The van der Waals surface area contributed by atoms with Crippen molar-refractivity contribution >= 4 is 17.6 Å². The van der Waals surface area contributed by atoms with Gasteiger partial charge < -0.3 is 15.1 Å². The molecule has 0 radical (unpaired) electrons. The summed E-state index contributed by atoms with van der Waals surface area (Å²) < 4.78 is 20.6. The molecule has 8 heteroatoms. The van der Waals surface area contributed by atoms with Gasteiger partial charge in [0.2, 0.25) is 5.91 Å². The number of amides is 2. The third kappa shape index (κ3) is 2.88. The lowest BCUT2D eigenvalue weighted by Gasteiger charge is -2.32. The van der Waals surface area contributed by atoms with Gasteiger partial charge in [-0.2, -0.15) is 5.10 Å². The van der Waals surface area contributed by atoms with Crippen molar-refractivity contribution in [1.29, 1.82) is 0 Å². The topological polar surface area (TPSA) is 89.2 Å². The third-order valence-corrected chi connectivity index (χ3v) is 4.68. The number of carbonyl (C=O) groups is 2. The number of nitrogens with zero attached hydrogens (tertiary/aromatic N) is 2. The summed E-state index contributed by atoms with van der Waals surface area (Å²) >= 11 is 0. The maximum atomic E-state index is 13.9. The van der Waals surface area contributed by atoms with Crippen LogP contribution in [0.2, 0.25) is 0 Å². The van der Waals surface area contributed by atoms with Crippen molar-refractivity contribution < 1.29 is 18.4 Å². The summed E-state index contributed by atoms with van der Waals surface area (Å²) in [5.41, 5.74) is 2.01. The van der Waals surface area contributed by atoms with Crippen LogP contribution in [0.15, 0.2) is 47.1 Å².